The van der Waals surface area contributed by atoms with Gasteiger partial charge in [-0.3, -0.25) is 9.78 Å². The van der Waals surface area contributed by atoms with Crippen LogP contribution >= 0.6 is 15.9 Å². The molecule has 114 valence electrons. The van der Waals surface area contributed by atoms with Gasteiger partial charge in [-0.15, -0.1) is 0 Å². The lowest BCUT2D eigenvalue weighted by molar-refractivity contribution is -0.120. The van der Waals surface area contributed by atoms with Crippen molar-refractivity contribution >= 4 is 33.3 Å². The summed E-state index contributed by atoms with van der Waals surface area (Å²) in [5, 5.41) is 2.99. The number of nitrogens with one attached hydrogen (secondary N) is 1. The van der Waals surface area contributed by atoms with Crippen LogP contribution in [0, 0.1) is 5.92 Å². The first-order valence-corrected chi connectivity index (χ1v) is 8.09. The van der Waals surface area contributed by atoms with Crippen LogP contribution in [0.5, 0.6) is 0 Å². The third-order valence-electron chi connectivity index (χ3n) is 3.85. The zero-order chi connectivity index (χ0) is 15.4. The molecule has 1 amide bonds. The molecule has 2 aromatic rings. The Bertz CT molecular complexity index is 624. The van der Waals surface area contributed by atoms with Crippen LogP contribution in [0.15, 0.2) is 47.3 Å². The molecule has 1 aromatic carbocycles. The fraction of sp³-hybridized carbons (Fsp3) is 0.312. The number of piperidine rings is 1. The topological polar surface area (TPSA) is 58.1 Å². The second-order valence-corrected chi connectivity index (χ2v) is 6.24. The van der Waals surface area contributed by atoms with E-state index in [1.165, 1.54) is 0 Å². The van der Waals surface area contributed by atoms with Gasteiger partial charge in [-0.05, 0) is 37.1 Å². The van der Waals surface area contributed by atoms with Crippen LogP contribution in [0.2, 0.25) is 0 Å². The van der Waals surface area contributed by atoms with Crippen LogP contribution in [-0.4, -0.2) is 29.0 Å². The van der Waals surface area contributed by atoms with Crippen molar-refractivity contribution in [3.05, 3.63) is 47.3 Å². The first-order chi connectivity index (χ1) is 10.7. The first-order valence-electron chi connectivity index (χ1n) is 7.30. The Labute approximate surface area is 137 Å². The van der Waals surface area contributed by atoms with Crippen molar-refractivity contribution in [3.63, 3.8) is 0 Å². The summed E-state index contributed by atoms with van der Waals surface area (Å²) in [6, 6.07) is 7.64. The molecule has 5 nitrogen and oxygen atoms in total. The van der Waals surface area contributed by atoms with Gasteiger partial charge in [-0.2, -0.15) is 0 Å². The van der Waals surface area contributed by atoms with Crippen molar-refractivity contribution in [1.29, 1.82) is 0 Å². The molecule has 6 heteroatoms. The van der Waals surface area contributed by atoms with Crippen molar-refractivity contribution in [2.75, 3.05) is 23.3 Å². The Balaban J connectivity index is 1.54. The van der Waals surface area contributed by atoms with E-state index in [-0.39, 0.29) is 11.8 Å². The van der Waals surface area contributed by atoms with Crippen molar-refractivity contribution < 1.29 is 4.79 Å². The second-order valence-electron chi connectivity index (χ2n) is 5.32. The third kappa shape index (κ3) is 3.62. The van der Waals surface area contributed by atoms with Crippen LogP contribution < -0.4 is 10.2 Å². The van der Waals surface area contributed by atoms with Crippen molar-refractivity contribution in [1.82, 2.24) is 9.97 Å². The number of nitrogens with zero attached hydrogens (tertiary/aromatic N) is 3. The van der Waals surface area contributed by atoms with Gasteiger partial charge >= 0.3 is 0 Å². The van der Waals surface area contributed by atoms with Gasteiger partial charge < -0.3 is 10.2 Å². The largest absolute Gasteiger partial charge is 0.355 e. The maximum absolute atomic E-state index is 12.3. The van der Waals surface area contributed by atoms with Gasteiger partial charge in [0, 0.05) is 41.6 Å². The first kappa shape index (κ1) is 15.0. The highest BCUT2D eigenvalue weighted by atomic mass is 79.9. The number of halogens is 1. The Morgan fingerprint density at radius 3 is 2.55 bits per heavy atom. The van der Waals surface area contributed by atoms with Gasteiger partial charge in [0.25, 0.3) is 0 Å². The summed E-state index contributed by atoms with van der Waals surface area (Å²) in [6.45, 7) is 1.66. The minimum Gasteiger partial charge on any atom is -0.355 e. The van der Waals surface area contributed by atoms with E-state index in [0.717, 1.165) is 41.9 Å². The number of carbonyl (C=O) groups excluding carboxylic acids is 1. The molecule has 3 rings (SSSR count). The van der Waals surface area contributed by atoms with Gasteiger partial charge in [-0.1, -0.05) is 15.9 Å². The highest BCUT2D eigenvalue weighted by molar-refractivity contribution is 9.10. The van der Waals surface area contributed by atoms with Crippen molar-refractivity contribution in [2.24, 2.45) is 5.92 Å². The lowest BCUT2D eigenvalue weighted by atomic mass is 9.96. The predicted octanol–water partition coefficient (Wildman–Crippen LogP) is 3.09. The van der Waals surface area contributed by atoms with Crippen LogP contribution in [0.3, 0.4) is 0 Å². The molecule has 1 saturated heterocycles. The fourth-order valence-corrected chi connectivity index (χ4v) is 2.87. The van der Waals surface area contributed by atoms with Gasteiger partial charge in [0.1, 0.15) is 5.82 Å². The van der Waals surface area contributed by atoms with E-state index < -0.39 is 0 Å². The summed E-state index contributed by atoms with van der Waals surface area (Å²) in [5.74, 6) is 1.03. The monoisotopic (exact) mass is 360 g/mol. The number of hydrogen-bond acceptors (Lipinski definition) is 4. The number of amides is 1. The lowest BCUT2D eigenvalue weighted by Gasteiger charge is -2.31. The summed E-state index contributed by atoms with van der Waals surface area (Å²) in [5.41, 5.74) is 0.838. The zero-order valence-corrected chi connectivity index (χ0v) is 13.7. The van der Waals surface area contributed by atoms with E-state index >= 15 is 0 Å². The van der Waals surface area contributed by atoms with Crippen molar-refractivity contribution in [3.8, 4) is 0 Å². The molecule has 0 aliphatic carbocycles. The van der Waals surface area contributed by atoms with Crippen molar-refractivity contribution in [2.45, 2.75) is 12.8 Å². The molecule has 0 radical (unpaired) electrons. The highest BCUT2D eigenvalue weighted by Crippen LogP contribution is 2.23. The lowest BCUT2D eigenvalue weighted by Crippen LogP contribution is -2.38. The summed E-state index contributed by atoms with van der Waals surface area (Å²) in [6.07, 6.45) is 6.80. The maximum Gasteiger partial charge on any atom is 0.227 e. The number of benzene rings is 1. The zero-order valence-electron chi connectivity index (χ0n) is 12.1. The molecule has 0 unspecified atom stereocenters. The average Bonchev–Trinajstić information content (AvgIpc) is 2.58. The van der Waals surface area contributed by atoms with E-state index in [0.29, 0.717) is 0 Å². The molecule has 1 aromatic heterocycles. The van der Waals surface area contributed by atoms with E-state index in [4.69, 9.17) is 0 Å². The third-order valence-corrected chi connectivity index (χ3v) is 4.38. The number of anilines is 2. The fourth-order valence-electron chi connectivity index (χ4n) is 2.60. The summed E-state index contributed by atoms with van der Waals surface area (Å²) in [4.78, 5) is 22.9. The maximum atomic E-state index is 12.3. The summed E-state index contributed by atoms with van der Waals surface area (Å²) >= 11 is 3.39. The molecule has 1 aliphatic rings. The number of aromatic nitrogens is 2. The summed E-state index contributed by atoms with van der Waals surface area (Å²) < 4.78 is 1.00. The number of rotatable bonds is 3. The highest BCUT2D eigenvalue weighted by Gasteiger charge is 2.25. The van der Waals surface area contributed by atoms with Crippen LogP contribution in [0.1, 0.15) is 12.8 Å². The second kappa shape index (κ2) is 6.87. The molecule has 1 N–H and O–H groups in total. The molecule has 0 bridgehead atoms. The average molecular weight is 361 g/mol. The van der Waals surface area contributed by atoms with Gasteiger partial charge in [0.2, 0.25) is 5.91 Å². The number of hydrogen-bond donors (Lipinski definition) is 1. The van der Waals surface area contributed by atoms with Crippen LogP contribution in [0.25, 0.3) is 0 Å². The molecular weight excluding hydrogens is 344 g/mol. The Morgan fingerprint density at radius 1 is 1.18 bits per heavy atom. The SMILES string of the molecule is O=C(Nc1ccc(Br)cc1)C1CCN(c2cnccn2)CC1. The predicted molar refractivity (Wildman–Crippen MR) is 89.7 cm³/mol. The molecule has 22 heavy (non-hydrogen) atoms. The Kier molecular flexibility index (Phi) is 4.68. The van der Waals surface area contributed by atoms with E-state index in [1.54, 1.807) is 18.6 Å². The molecule has 1 fully saturated rings. The van der Waals surface area contributed by atoms with Gasteiger partial charge in [0.15, 0.2) is 0 Å². The quantitative estimate of drug-likeness (QED) is 0.913. The molecule has 0 atom stereocenters. The molecule has 0 spiro atoms. The minimum absolute atomic E-state index is 0.0524. The smallest absolute Gasteiger partial charge is 0.227 e. The molecular formula is C16H17BrN4O. The summed E-state index contributed by atoms with van der Waals surface area (Å²) in [7, 11) is 0. The van der Waals surface area contributed by atoms with Gasteiger partial charge in [0.05, 0.1) is 6.20 Å². The van der Waals surface area contributed by atoms with E-state index in [9.17, 15) is 4.79 Å². The van der Waals surface area contributed by atoms with Crippen LogP contribution in [0.4, 0.5) is 11.5 Å². The molecule has 0 saturated carbocycles. The standard InChI is InChI=1S/C16H17BrN4O/c17-13-1-3-14(4-2-13)20-16(22)12-5-9-21(10-6-12)15-11-18-7-8-19-15/h1-4,7-8,11-12H,5-6,9-10H2,(H,20,22). The van der Waals surface area contributed by atoms with E-state index in [1.807, 2.05) is 24.3 Å². The minimum atomic E-state index is 0.0524. The Morgan fingerprint density at radius 2 is 1.91 bits per heavy atom. The Hall–Kier alpha value is -1.95. The molecule has 1 aliphatic heterocycles. The van der Waals surface area contributed by atoms with E-state index in [2.05, 4.69) is 36.1 Å². The van der Waals surface area contributed by atoms with Gasteiger partial charge in [-0.25, -0.2) is 4.98 Å². The molecule has 2 heterocycles. The number of carbonyl (C=O) groups is 1. The normalized spacial score (nSPS) is 15.6. The van der Waals surface area contributed by atoms with Crippen LogP contribution in [-0.2, 0) is 4.79 Å².